The Morgan fingerprint density at radius 3 is 2.48 bits per heavy atom. The number of hydrogen-bond acceptors (Lipinski definition) is 6. The zero-order valence-corrected chi connectivity index (χ0v) is 21.4. The number of aromatic nitrogens is 1. The molecule has 1 aromatic carbocycles. The molecule has 0 atom stereocenters. The van der Waals surface area contributed by atoms with Crippen molar-refractivity contribution >= 4 is 35.8 Å². The van der Waals surface area contributed by atoms with E-state index in [1.54, 1.807) is 6.26 Å². The van der Waals surface area contributed by atoms with Gasteiger partial charge in [-0.3, -0.25) is 9.69 Å². The number of nitrogens with zero attached hydrogens (tertiary/aromatic N) is 5. The molecule has 10 heteroatoms. The first-order chi connectivity index (χ1) is 15.7. The molecule has 1 aromatic heterocycles. The molecule has 0 saturated carbocycles. The maximum Gasteiger partial charge on any atom is 0.236 e. The van der Waals surface area contributed by atoms with Crippen LogP contribution in [0.3, 0.4) is 0 Å². The molecule has 4 rings (SSSR count). The molecule has 2 fully saturated rings. The second kappa shape index (κ2) is 12.9. The monoisotopic (exact) mass is 568 g/mol. The van der Waals surface area contributed by atoms with Crippen LogP contribution in [0.15, 0.2) is 46.0 Å². The Kier molecular flexibility index (Phi) is 9.95. The summed E-state index contributed by atoms with van der Waals surface area (Å²) in [7, 11) is 0. The van der Waals surface area contributed by atoms with Gasteiger partial charge in [-0.1, -0.05) is 18.2 Å². The van der Waals surface area contributed by atoms with E-state index in [4.69, 9.17) is 14.1 Å². The van der Waals surface area contributed by atoms with E-state index < -0.39 is 0 Å². The lowest BCUT2D eigenvalue weighted by molar-refractivity contribution is -0.136. The largest absolute Gasteiger partial charge is 0.444 e. The molecule has 33 heavy (non-hydrogen) atoms. The van der Waals surface area contributed by atoms with E-state index in [1.807, 2.05) is 35.2 Å². The minimum atomic E-state index is 0. The number of carbonyl (C=O) groups is 1. The van der Waals surface area contributed by atoms with Gasteiger partial charge in [0.2, 0.25) is 11.8 Å². The zero-order valence-electron chi connectivity index (χ0n) is 19.1. The van der Waals surface area contributed by atoms with Gasteiger partial charge in [-0.25, -0.2) is 9.98 Å². The number of aliphatic imine (C=N–C) groups is 1. The first kappa shape index (κ1) is 25.4. The van der Waals surface area contributed by atoms with Crippen molar-refractivity contribution in [2.45, 2.75) is 13.5 Å². The lowest BCUT2D eigenvalue weighted by Gasteiger charge is -2.37. The molecule has 0 aliphatic carbocycles. The predicted molar refractivity (Wildman–Crippen MR) is 138 cm³/mol. The summed E-state index contributed by atoms with van der Waals surface area (Å²) in [4.78, 5) is 28.2. The number of halogens is 1. The molecule has 2 aliphatic rings. The topological polar surface area (TPSA) is 86.4 Å². The smallest absolute Gasteiger partial charge is 0.236 e. The molecule has 1 amide bonds. The Bertz CT molecular complexity index is 893. The summed E-state index contributed by atoms with van der Waals surface area (Å²) in [5.41, 5.74) is 1.76. The number of amides is 1. The van der Waals surface area contributed by atoms with Gasteiger partial charge < -0.3 is 24.3 Å². The van der Waals surface area contributed by atoms with Gasteiger partial charge in [0.1, 0.15) is 12.0 Å². The lowest BCUT2D eigenvalue weighted by atomic mass is 10.2. The van der Waals surface area contributed by atoms with E-state index in [2.05, 4.69) is 27.0 Å². The Balaban J connectivity index is 0.00000306. The van der Waals surface area contributed by atoms with Crippen LogP contribution in [0.5, 0.6) is 0 Å². The van der Waals surface area contributed by atoms with Crippen molar-refractivity contribution in [1.29, 1.82) is 0 Å². The molecular weight excluding hydrogens is 535 g/mol. The normalized spacial score (nSPS) is 17.5. The predicted octanol–water partition coefficient (Wildman–Crippen LogP) is 1.90. The highest BCUT2D eigenvalue weighted by molar-refractivity contribution is 14.0. The van der Waals surface area contributed by atoms with Gasteiger partial charge >= 0.3 is 0 Å². The van der Waals surface area contributed by atoms with Crippen LogP contribution in [-0.4, -0.2) is 97.1 Å². The van der Waals surface area contributed by atoms with Crippen LogP contribution >= 0.6 is 24.0 Å². The number of guanidine groups is 1. The minimum Gasteiger partial charge on any atom is -0.444 e. The Labute approximate surface area is 212 Å². The van der Waals surface area contributed by atoms with Gasteiger partial charge in [0, 0.05) is 51.4 Å². The maximum atomic E-state index is 12.5. The van der Waals surface area contributed by atoms with E-state index in [9.17, 15) is 4.79 Å². The number of rotatable bonds is 6. The molecule has 2 saturated heterocycles. The van der Waals surface area contributed by atoms with Crippen molar-refractivity contribution in [3.63, 3.8) is 0 Å². The summed E-state index contributed by atoms with van der Waals surface area (Å²) in [5, 5.41) is 3.38. The number of carbonyl (C=O) groups excluding carboxylic acids is 1. The number of benzene rings is 1. The number of hydrogen-bond donors (Lipinski definition) is 1. The molecule has 3 heterocycles. The first-order valence-electron chi connectivity index (χ1n) is 11.3. The molecule has 1 N–H and O–H groups in total. The molecule has 0 spiro atoms. The van der Waals surface area contributed by atoms with Gasteiger partial charge in [0.05, 0.1) is 26.3 Å². The summed E-state index contributed by atoms with van der Waals surface area (Å²) in [6.45, 7) is 9.79. The van der Waals surface area contributed by atoms with E-state index in [1.165, 1.54) is 0 Å². The minimum absolute atomic E-state index is 0. The zero-order chi connectivity index (χ0) is 22.2. The van der Waals surface area contributed by atoms with Crippen LogP contribution in [0.4, 0.5) is 0 Å². The van der Waals surface area contributed by atoms with Crippen LogP contribution < -0.4 is 5.32 Å². The van der Waals surface area contributed by atoms with E-state index in [-0.39, 0.29) is 29.9 Å². The average molecular weight is 568 g/mol. The maximum absolute atomic E-state index is 12.5. The molecule has 9 nitrogen and oxygen atoms in total. The summed E-state index contributed by atoms with van der Waals surface area (Å²) < 4.78 is 11.0. The van der Waals surface area contributed by atoms with Crippen molar-refractivity contribution in [3.05, 3.63) is 42.3 Å². The van der Waals surface area contributed by atoms with Crippen molar-refractivity contribution in [3.8, 4) is 11.5 Å². The molecule has 2 aliphatic heterocycles. The summed E-state index contributed by atoms with van der Waals surface area (Å²) in [5.74, 6) is 1.68. The fourth-order valence-corrected chi connectivity index (χ4v) is 3.90. The standard InChI is InChI=1S/C23H32N6O3.HI/c1-2-24-23(25-16-20-18-32-22(26-20)19-6-4-3-5-7-19)29-10-8-27(9-11-29)17-21(30)28-12-14-31-15-13-28;/h3-7,18H,2,8-17H2,1H3,(H,24,25);1H. The summed E-state index contributed by atoms with van der Waals surface area (Å²) in [6, 6.07) is 9.86. The fourth-order valence-electron chi connectivity index (χ4n) is 3.90. The van der Waals surface area contributed by atoms with E-state index in [0.717, 1.165) is 49.9 Å². The van der Waals surface area contributed by atoms with E-state index >= 15 is 0 Å². The lowest BCUT2D eigenvalue weighted by Crippen LogP contribution is -2.54. The highest BCUT2D eigenvalue weighted by atomic mass is 127. The molecule has 180 valence electrons. The SMILES string of the molecule is CCNC(=NCc1coc(-c2ccccc2)n1)N1CCN(CC(=O)N2CCOCC2)CC1.I. The van der Waals surface area contributed by atoms with E-state index in [0.29, 0.717) is 45.3 Å². The number of morpholine rings is 1. The van der Waals surface area contributed by atoms with Gasteiger partial charge in [0.15, 0.2) is 5.96 Å². The van der Waals surface area contributed by atoms with Crippen LogP contribution in [0.1, 0.15) is 12.6 Å². The van der Waals surface area contributed by atoms with Crippen molar-refractivity contribution in [1.82, 2.24) is 25.0 Å². The Morgan fingerprint density at radius 1 is 1.06 bits per heavy atom. The van der Waals surface area contributed by atoms with Crippen LogP contribution in [-0.2, 0) is 16.1 Å². The third kappa shape index (κ3) is 7.15. The van der Waals surface area contributed by atoms with Gasteiger partial charge in [-0.2, -0.15) is 0 Å². The molecule has 0 unspecified atom stereocenters. The quantitative estimate of drug-likeness (QED) is 0.324. The molecule has 0 bridgehead atoms. The highest BCUT2D eigenvalue weighted by Crippen LogP contribution is 2.18. The van der Waals surface area contributed by atoms with Gasteiger partial charge in [-0.15, -0.1) is 24.0 Å². The van der Waals surface area contributed by atoms with Crippen LogP contribution in [0.25, 0.3) is 11.5 Å². The highest BCUT2D eigenvalue weighted by Gasteiger charge is 2.24. The summed E-state index contributed by atoms with van der Waals surface area (Å²) in [6.07, 6.45) is 1.67. The Morgan fingerprint density at radius 2 is 1.79 bits per heavy atom. The third-order valence-corrected chi connectivity index (χ3v) is 5.69. The fraction of sp³-hybridized carbons (Fsp3) is 0.522. The second-order valence-electron chi connectivity index (χ2n) is 7.94. The molecular formula is C23H33IN6O3. The third-order valence-electron chi connectivity index (χ3n) is 5.69. The average Bonchev–Trinajstić information content (AvgIpc) is 3.32. The second-order valence-corrected chi connectivity index (χ2v) is 7.94. The van der Waals surface area contributed by atoms with Gasteiger partial charge in [0.25, 0.3) is 0 Å². The Hall–Kier alpha value is -2.18. The number of nitrogens with one attached hydrogen (secondary N) is 1. The van der Waals surface area contributed by atoms with Crippen molar-refractivity contribution in [2.24, 2.45) is 4.99 Å². The first-order valence-corrected chi connectivity index (χ1v) is 11.3. The number of piperazine rings is 1. The number of oxazole rings is 1. The molecule has 0 radical (unpaired) electrons. The van der Waals surface area contributed by atoms with Crippen molar-refractivity contribution in [2.75, 3.05) is 65.6 Å². The van der Waals surface area contributed by atoms with Crippen LogP contribution in [0, 0.1) is 0 Å². The number of ether oxygens (including phenoxy) is 1. The van der Waals surface area contributed by atoms with Crippen LogP contribution in [0.2, 0.25) is 0 Å². The molecule has 2 aromatic rings. The van der Waals surface area contributed by atoms with Gasteiger partial charge in [-0.05, 0) is 19.1 Å². The van der Waals surface area contributed by atoms with Crippen molar-refractivity contribution < 1.29 is 13.9 Å². The summed E-state index contributed by atoms with van der Waals surface area (Å²) >= 11 is 0.